The molecule has 0 radical (unpaired) electrons. The first-order valence-electron chi connectivity index (χ1n) is 5.18. The summed E-state index contributed by atoms with van der Waals surface area (Å²) in [5.41, 5.74) is 8.03. The quantitative estimate of drug-likeness (QED) is 0.826. The van der Waals surface area contributed by atoms with Crippen LogP contribution in [0.1, 0.15) is 5.56 Å². The zero-order valence-electron chi connectivity index (χ0n) is 9.28. The summed E-state index contributed by atoms with van der Waals surface area (Å²) in [6.45, 7) is 0. The van der Waals surface area contributed by atoms with Gasteiger partial charge in [0.1, 0.15) is 4.99 Å². The number of anilines is 2. The molecule has 92 valence electrons. The molecule has 0 saturated carbocycles. The Kier molecular flexibility index (Phi) is 4.07. The van der Waals surface area contributed by atoms with E-state index in [0.29, 0.717) is 15.0 Å². The maximum atomic E-state index is 5.97. The molecule has 0 atom stereocenters. The van der Waals surface area contributed by atoms with Crippen LogP contribution in [-0.2, 0) is 0 Å². The maximum Gasteiger partial charge on any atom is 0.106 e. The number of hydrogen-bond donors (Lipinski definition) is 2. The van der Waals surface area contributed by atoms with Gasteiger partial charge in [0, 0.05) is 21.3 Å². The van der Waals surface area contributed by atoms with Gasteiger partial charge in [0.05, 0.1) is 5.69 Å². The predicted molar refractivity (Wildman–Crippen MR) is 82.1 cm³/mol. The molecule has 0 unspecified atom stereocenters. The second-order valence-corrected chi connectivity index (χ2v) is 5.00. The Morgan fingerprint density at radius 1 is 1.06 bits per heavy atom. The fourth-order valence-corrected chi connectivity index (χ4v) is 2.10. The molecule has 0 saturated heterocycles. The molecule has 0 bridgehead atoms. The standard InChI is InChI=1S/C13H10Cl2N2S/c14-8-2-1-3-10(6-8)17-12-7-9(15)4-5-11(12)13(16)18/h1-7,17H,(H2,16,18). The summed E-state index contributed by atoms with van der Waals surface area (Å²) in [5.74, 6) is 0. The van der Waals surface area contributed by atoms with Gasteiger partial charge in [0.2, 0.25) is 0 Å². The Balaban J connectivity index is 2.39. The van der Waals surface area contributed by atoms with Gasteiger partial charge >= 0.3 is 0 Å². The molecule has 0 aliphatic heterocycles. The molecule has 3 N–H and O–H groups in total. The minimum absolute atomic E-state index is 0.316. The fraction of sp³-hybridized carbons (Fsp3) is 0. The van der Waals surface area contributed by atoms with Crippen LogP contribution in [0.3, 0.4) is 0 Å². The van der Waals surface area contributed by atoms with Crippen LogP contribution >= 0.6 is 35.4 Å². The van der Waals surface area contributed by atoms with Crippen LogP contribution in [0, 0.1) is 0 Å². The van der Waals surface area contributed by atoms with Crippen LogP contribution in [0.4, 0.5) is 11.4 Å². The third-order valence-electron chi connectivity index (χ3n) is 2.35. The Labute approximate surface area is 121 Å². The molecule has 2 rings (SSSR count). The van der Waals surface area contributed by atoms with Crippen molar-refractivity contribution in [2.75, 3.05) is 5.32 Å². The van der Waals surface area contributed by atoms with Gasteiger partial charge < -0.3 is 11.1 Å². The summed E-state index contributed by atoms with van der Waals surface area (Å²) < 4.78 is 0. The SMILES string of the molecule is NC(=S)c1ccc(Cl)cc1Nc1cccc(Cl)c1. The van der Waals surface area contributed by atoms with Gasteiger partial charge in [0.15, 0.2) is 0 Å². The zero-order chi connectivity index (χ0) is 13.1. The third-order valence-corrected chi connectivity index (χ3v) is 3.04. The lowest BCUT2D eigenvalue weighted by atomic mass is 10.1. The van der Waals surface area contributed by atoms with Gasteiger partial charge in [0.25, 0.3) is 0 Å². The Morgan fingerprint density at radius 2 is 1.78 bits per heavy atom. The summed E-state index contributed by atoms with van der Waals surface area (Å²) in [6.07, 6.45) is 0. The number of halogens is 2. The van der Waals surface area contributed by atoms with E-state index in [2.05, 4.69) is 5.32 Å². The highest BCUT2D eigenvalue weighted by Crippen LogP contribution is 2.26. The van der Waals surface area contributed by atoms with E-state index < -0.39 is 0 Å². The highest BCUT2D eigenvalue weighted by Gasteiger charge is 2.06. The normalized spacial score (nSPS) is 10.1. The summed E-state index contributed by atoms with van der Waals surface area (Å²) in [4.78, 5) is 0.316. The second kappa shape index (κ2) is 5.57. The zero-order valence-corrected chi connectivity index (χ0v) is 11.6. The van der Waals surface area contributed by atoms with Crippen LogP contribution in [0.2, 0.25) is 10.0 Å². The average molecular weight is 297 g/mol. The van der Waals surface area contributed by atoms with Crippen molar-refractivity contribution in [1.29, 1.82) is 0 Å². The van der Waals surface area contributed by atoms with Crippen LogP contribution in [0.5, 0.6) is 0 Å². The molecule has 2 nitrogen and oxygen atoms in total. The molecule has 0 heterocycles. The smallest absolute Gasteiger partial charge is 0.106 e. The van der Waals surface area contributed by atoms with E-state index >= 15 is 0 Å². The molecule has 0 aromatic heterocycles. The summed E-state index contributed by atoms with van der Waals surface area (Å²) >= 11 is 16.9. The van der Waals surface area contributed by atoms with E-state index in [9.17, 15) is 0 Å². The van der Waals surface area contributed by atoms with Crippen molar-refractivity contribution in [3.63, 3.8) is 0 Å². The molecule has 2 aromatic rings. The number of hydrogen-bond acceptors (Lipinski definition) is 2. The number of benzene rings is 2. The van der Waals surface area contributed by atoms with Crippen molar-refractivity contribution < 1.29 is 0 Å². The van der Waals surface area contributed by atoms with Gasteiger partial charge in [-0.25, -0.2) is 0 Å². The van der Waals surface area contributed by atoms with Gasteiger partial charge in [-0.15, -0.1) is 0 Å². The number of rotatable bonds is 3. The number of nitrogens with two attached hydrogens (primary N) is 1. The highest BCUT2D eigenvalue weighted by molar-refractivity contribution is 7.80. The van der Waals surface area contributed by atoms with Gasteiger partial charge in [-0.05, 0) is 36.4 Å². The van der Waals surface area contributed by atoms with E-state index in [1.807, 2.05) is 18.2 Å². The van der Waals surface area contributed by atoms with E-state index in [1.165, 1.54) is 0 Å². The van der Waals surface area contributed by atoms with E-state index in [0.717, 1.165) is 16.9 Å². The Bertz CT molecular complexity index is 599. The molecule has 2 aromatic carbocycles. The number of thiocarbonyl (C=S) groups is 1. The van der Waals surface area contributed by atoms with Crippen molar-refractivity contribution in [2.45, 2.75) is 0 Å². The molecule has 0 amide bonds. The molecule has 0 aliphatic rings. The predicted octanol–water partition coefficient (Wildman–Crippen LogP) is 4.37. The van der Waals surface area contributed by atoms with Crippen molar-refractivity contribution in [1.82, 2.24) is 0 Å². The molecular formula is C13H10Cl2N2S. The van der Waals surface area contributed by atoms with E-state index in [4.69, 9.17) is 41.2 Å². The minimum atomic E-state index is 0.316. The lowest BCUT2D eigenvalue weighted by Crippen LogP contribution is -2.11. The molecule has 5 heteroatoms. The summed E-state index contributed by atoms with van der Waals surface area (Å²) in [7, 11) is 0. The monoisotopic (exact) mass is 296 g/mol. The maximum absolute atomic E-state index is 5.97. The molecule has 0 spiro atoms. The summed E-state index contributed by atoms with van der Waals surface area (Å²) in [5, 5.41) is 4.46. The number of nitrogens with one attached hydrogen (secondary N) is 1. The van der Waals surface area contributed by atoms with Gasteiger partial charge in [-0.1, -0.05) is 41.5 Å². The van der Waals surface area contributed by atoms with Crippen LogP contribution in [0.15, 0.2) is 42.5 Å². The lowest BCUT2D eigenvalue weighted by molar-refractivity contribution is 1.52. The van der Waals surface area contributed by atoms with Crippen molar-refractivity contribution >= 4 is 51.8 Å². The minimum Gasteiger partial charge on any atom is -0.389 e. The van der Waals surface area contributed by atoms with Crippen molar-refractivity contribution in [3.05, 3.63) is 58.1 Å². The van der Waals surface area contributed by atoms with Gasteiger partial charge in [-0.3, -0.25) is 0 Å². The third kappa shape index (κ3) is 3.13. The first kappa shape index (κ1) is 13.1. The van der Waals surface area contributed by atoms with E-state index in [1.54, 1.807) is 24.3 Å². The summed E-state index contributed by atoms with van der Waals surface area (Å²) in [6, 6.07) is 12.7. The molecule has 0 fully saturated rings. The van der Waals surface area contributed by atoms with E-state index in [-0.39, 0.29) is 0 Å². The average Bonchev–Trinajstić information content (AvgIpc) is 2.28. The van der Waals surface area contributed by atoms with Crippen LogP contribution in [0.25, 0.3) is 0 Å². The molecule has 18 heavy (non-hydrogen) atoms. The fourth-order valence-electron chi connectivity index (χ4n) is 1.56. The Morgan fingerprint density at radius 3 is 2.44 bits per heavy atom. The van der Waals surface area contributed by atoms with Crippen LogP contribution < -0.4 is 11.1 Å². The molecular weight excluding hydrogens is 287 g/mol. The van der Waals surface area contributed by atoms with Gasteiger partial charge in [-0.2, -0.15) is 0 Å². The van der Waals surface area contributed by atoms with Crippen LogP contribution in [-0.4, -0.2) is 4.99 Å². The topological polar surface area (TPSA) is 38.0 Å². The largest absolute Gasteiger partial charge is 0.389 e. The first-order chi connectivity index (χ1) is 8.56. The molecule has 0 aliphatic carbocycles. The lowest BCUT2D eigenvalue weighted by Gasteiger charge is -2.12. The first-order valence-corrected chi connectivity index (χ1v) is 6.34. The highest BCUT2D eigenvalue weighted by atomic mass is 35.5. The van der Waals surface area contributed by atoms with Crippen molar-refractivity contribution in [2.24, 2.45) is 5.73 Å². The Hall–Kier alpha value is -1.29. The van der Waals surface area contributed by atoms with Crippen molar-refractivity contribution in [3.8, 4) is 0 Å². The second-order valence-electron chi connectivity index (χ2n) is 3.69.